The first-order valence-corrected chi connectivity index (χ1v) is 49.6. The third-order valence-corrected chi connectivity index (χ3v) is 72.9. The molecule has 0 aromatic heterocycles. The van der Waals surface area contributed by atoms with Gasteiger partial charge in [-0.15, -0.1) is 0 Å². The lowest BCUT2D eigenvalue weighted by atomic mass is 10.4. The Bertz CT molecular complexity index is 3530. The molecule has 1 aliphatic rings. The normalized spacial score (nSPS) is 16.8. The number of rotatable bonds is 12. The highest BCUT2D eigenvalue weighted by atomic mass is 79.9. The maximum absolute atomic E-state index is 5.30. The largest absolute Gasteiger partial charge is 0.0622 e. The molecule has 1 aliphatic heterocycles. The summed E-state index contributed by atoms with van der Waals surface area (Å²) in [6.45, 7) is -18.1. The Morgan fingerprint density at radius 3 is 0.295 bits per heavy atom. The summed E-state index contributed by atoms with van der Waals surface area (Å²) in [5, 5.41) is 15.9. The van der Waals surface area contributed by atoms with E-state index >= 15 is 0 Å². The van der Waals surface area contributed by atoms with E-state index in [-0.39, 0.29) is 0 Å². The minimum atomic E-state index is -2.99. The summed E-state index contributed by atoms with van der Waals surface area (Å²) in [5.74, 6) is 0. The van der Waals surface area contributed by atoms with E-state index < -0.39 is 54.0 Å². The van der Waals surface area contributed by atoms with Gasteiger partial charge < -0.3 is 0 Å². The van der Waals surface area contributed by atoms with Gasteiger partial charge in [-0.3, -0.25) is 0 Å². The molecule has 0 radical (unpaired) electrons. The van der Waals surface area contributed by atoms with E-state index in [0.717, 1.165) is 0 Å². The molecular weight excluding hydrogens is 1480 g/mol. The zero-order valence-electron chi connectivity index (χ0n) is 47.7. The molecule has 0 amide bonds. The lowest BCUT2D eigenvalue weighted by Gasteiger charge is -2.48. The van der Waals surface area contributed by atoms with Gasteiger partial charge in [0, 0.05) is 45.6 Å². The summed E-state index contributed by atoms with van der Waals surface area (Å²) >= 11 is 21.2. The highest BCUT2D eigenvalue weighted by Gasteiger charge is 2.53. The van der Waals surface area contributed by atoms with Crippen LogP contribution in [0, 0.1) is 0 Å². The van der Waals surface area contributed by atoms with Crippen LogP contribution in [-0.4, -0.2) is 19.1 Å². The van der Waals surface area contributed by atoms with Crippen LogP contribution in [0.1, 0.15) is 0 Å². The van der Waals surface area contributed by atoms with E-state index in [1.807, 2.05) is 0 Å². The lowest BCUT2D eigenvalue weighted by Crippen LogP contribution is -2.35. The van der Waals surface area contributed by atoms with Gasteiger partial charge in [0.15, 0.2) is 0 Å². The van der Waals surface area contributed by atoms with Crippen molar-refractivity contribution in [2.75, 3.05) is 0 Å². The molecule has 0 spiro atoms. The Morgan fingerprint density at radius 2 is 0.216 bits per heavy atom. The van der Waals surface area contributed by atoms with E-state index in [2.05, 4.69) is 364 Å². The van der Waals surface area contributed by atoms with E-state index in [4.69, 9.17) is 62.0 Å². The van der Waals surface area contributed by atoms with Gasteiger partial charge in [0.1, 0.15) is 0 Å². The summed E-state index contributed by atoms with van der Waals surface area (Å²) in [6.07, 6.45) is 0. The smallest absolute Gasteiger partial charge is 0.0319 e. The quantitative estimate of drug-likeness (QED) is 0.107. The summed E-state index contributed by atoms with van der Waals surface area (Å²) < 4.78 is 6.14. The summed E-state index contributed by atoms with van der Waals surface area (Å²) in [6, 6.07) is 140. The van der Waals surface area contributed by atoms with Gasteiger partial charge in [0.2, 0.25) is 0 Å². The number of benzene rings is 12. The van der Waals surface area contributed by atoms with Crippen LogP contribution in [0.25, 0.3) is 0 Å². The van der Waals surface area contributed by atoms with Crippen LogP contribution < -0.4 is 63.7 Å². The Kier molecular flexibility index (Phi) is 19.9. The number of halogens is 4. The average molecular weight is 1540 g/mol. The molecule has 13 rings (SSSR count). The van der Waals surface area contributed by atoms with Crippen molar-refractivity contribution < 1.29 is 0 Å². The average Bonchev–Trinajstić information content (AvgIpc) is 0.708. The molecule has 0 aliphatic carbocycles. The first-order valence-electron chi connectivity index (χ1n) is 29.0. The van der Waals surface area contributed by atoms with E-state index in [0.29, 0.717) is 0 Å². The van der Waals surface area contributed by atoms with Crippen LogP contribution in [0.3, 0.4) is 0 Å². The molecule has 0 atom stereocenters. The Balaban J connectivity index is 1.46. The highest BCUT2D eigenvalue weighted by Crippen LogP contribution is 2.90. The molecule has 12 aromatic carbocycles. The van der Waals surface area contributed by atoms with Crippen LogP contribution >= 0.6 is 116 Å². The second-order valence-corrected chi connectivity index (χ2v) is 53.0. The Morgan fingerprint density at radius 1 is 0.136 bits per heavy atom. The zero-order chi connectivity index (χ0) is 60.0. The van der Waals surface area contributed by atoms with Crippen LogP contribution in [0.2, 0.25) is 0 Å². The molecule has 0 N–H and O–H groups in total. The highest BCUT2D eigenvalue weighted by molar-refractivity contribution is 9.54. The molecule has 12 aromatic rings. The van der Waals surface area contributed by atoms with E-state index in [1.54, 1.807) is 0 Å². The van der Waals surface area contributed by atoms with Crippen LogP contribution in [0.4, 0.5) is 0 Å². The van der Waals surface area contributed by atoms with Crippen molar-refractivity contribution in [1.82, 2.24) is 0 Å². The third kappa shape index (κ3) is 11.0. The molecule has 1 fully saturated rings. The van der Waals surface area contributed by atoms with Crippen molar-refractivity contribution in [2.45, 2.75) is 0 Å². The van der Waals surface area contributed by atoms with Gasteiger partial charge in [-0.2, -0.15) is 0 Å². The molecule has 88 heavy (non-hydrogen) atoms. The van der Waals surface area contributed by atoms with Gasteiger partial charge in [-0.05, 0) is 153 Å². The van der Waals surface area contributed by atoms with Gasteiger partial charge in [-0.1, -0.05) is 364 Å². The second kappa shape index (κ2) is 28.1. The predicted octanol–water partition coefficient (Wildman–Crippen LogP) is 19.5. The third-order valence-electron chi connectivity index (χ3n) is 16.3. The predicted molar refractivity (Wildman–Crippen MR) is 424 cm³/mol. The van der Waals surface area contributed by atoms with Crippen molar-refractivity contribution in [3.8, 4) is 0 Å². The lowest BCUT2D eigenvalue weighted by molar-refractivity contribution is 1.73. The number of hydrogen-bond donors (Lipinski definition) is 0. The molecule has 0 nitrogen and oxygen atoms in total. The summed E-state index contributed by atoms with van der Waals surface area (Å²) in [5.41, 5.74) is 0. The van der Waals surface area contributed by atoms with E-state index in [9.17, 15) is 0 Å². The SMILES string of the molecule is BrP1C(=P(c2ccccc2)(c2ccccc2)c2ccccc2)P(Br)C(=P(c2ccccc2)(c2ccccc2)c2ccccc2)P(Br)C(=P(c2ccccc2)(c2ccccc2)c2ccccc2)P(Br)C1=P(c1ccccc1)(c1ccccc1)c1ccccc1. The molecule has 1 saturated heterocycles. The standard InChI is InChI=1S/C76H60Br4P8/c77-81-73(85(61-37-13-1-14-38-61,62-39-15-2-16-40-62)63-41-17-3-18-42-63)82(78)75(87(67-49-25-7-26-50-67,68-51-27-8-28-52-68)69-53-29-9-30-54-69)84(80)76(88(70-55-31-10-32-56-70,71-57-33-11-34-58-71)72-59-35-12-36-60-72)83(79)74(81)86(64-43-19-4-20-44-64,65-45-21-5-22-46-65)66-47-23-6-24-48-66/h1-60H. The van der Waals surface area contributed by atoms with Crippen LogP contribution in [0.5, 0.6) is 0 Å². The molecule has 0 bridgehead atoms. The summed E-state index contributed by atoms with van der Waals surface area (Å²) in [7, 11) is 0. The van der Waals surface area contributed by atoms with Crippen molar-refractivity contribution in [1.29, 1.82) is 0 Å². The maximum Gasteiger partial charge on any atom is 0.0319 e. The molecule has 12 heteroatoms. The monoisotopic (exact) mass is 1540 g/mol. The minimum absolute atomic E-state index is 1.33. The van der Waals surface area contributed by atoms with Crippen LogP contribution in [0.15, 0.2) is 364 Å². The van der Waals surface area contributed by atoms with Crippen molar-refractivity contribution in [2.24, 2.45) is 0 Å². The molecule has 1 heterocycles. The van der Waals surface area contributed by atoms with Crippen molar-refractivity contribution >= 4 is 199 Å². The molecule has 0 saturated carbocycles. The van der Waals surface area contributed by atoms with E-state index in [1.165, 1.54) is 82.8 Å². The van der Waals surface area contributed by atoms with Crippen LogP contribution in [-0.2, 0) is 0 Å². The van der Waals surface area contributed by atoms with Crippen molar-refractivity contribution in [3.63, 3.8) is 0 Å². The zero-order valence-corrected chi connectivity index (χ0v) is 61.2. The fourth-order valence-corrected chi connectivity index (χ4v) is 91.2. The summed E-state index contributed by atoms with van der Waals surface area (Å²) in [4.78, 5) is 0. The van der Waals surface area contributed by atoms with Gasteiger partial charge >= 0.3 is 0 Å². The molecule has 0 unspecified atom stereocenters. The first kappa shape index (κ1) is 62.3. The Labute approximate surface area is 557 Å². The topological polar surface area (TPSA) is 0 Å². The van der Waals surface area contributed by atoms with Gasteiger partial charge in [0.25, 0.3) is 0 Å². The fourth-order valence-electron chi connectivity index (χ4n) is 12.7. The molecule has 432 valence electrons. The minimum Gasteiger partial charge on any atom is -0.0622 e. The van der Waals surface area contributed by atoms with Gasteiger partial charge in [-0.25, -0.2) is 0 Å². The second-order valence-electron chi connectivity index (χ2n) is 21.0. The number of hydrogen-bond acceptors (Lipinski definition) is 0. The molecular formula is C76H60Br4P8. The first-order chi connectivity index (χ1) is 43.4. The van der Waals surface area contributed by atoms with Crippen molar-refractivity contribution in [3.05, 3.63) is 364 Å². The Hall–Kier alpha value is -4.52. The maximum atomic E-state index is 5.30. The van der Waals surface area contributed by atoms with Gasteiger partial charge in [0.05, 0.1) is 0 Å². The fraction of sp³-hybridized carbons (Fsp3) is 0.